The van der Waals surface area contributed by atoms with E-state index >= 15 is 0 Å². The molecule has 8 heteroatoms. The number of hydrogen-bond acceptors (Lipinski definition) is 8. The van der Waals surface area contributed by atoms with Crippen molar-refractivity contribution in [3.63, 3.8) is 0 Å². The summed E-state index contributed by atoms with van der Waals surface area (Å²) < 4.78 is 5.90. The second-order valence-electron chi connectivity index (χ2n) is 9.53. The number of fused-ring (bicyclic) bond motifs is 5. The standard InChI is InChI=1S/C32H20O8/c33-24-21(31-22(25(34)27(24)36)23-26(35)28(37)29(38)30(39)32(23)40-31)20-17-12-6-4-10-15(17)19(14-8-2-1-3-9-14)16-11-5-7-13-18(16)20/h1-13,33-39H. The second kappa shape index (κ2) is 8.12. The first-order valence-electron chi connectivity index (χ1n) is 12.3. The molecule has 7 aromatic rings. The zero-order valence-corrected chi connectivity index (χ0v) is 20.5. The molecule has 7 N–H and O–H groups in total. The molecule has 8 nitrogen and oxygen atoms in total. The average Bonchev–Trinajstić information content (AvgIpc) is 3.38. The maximum Gasteiger partial charge on any atom is 0.208 e. The topological polar surface area (TPSA) is 155 Å². The van der Waals surface area contributed by atoms with Gasteiger partial charge in [0, 0.05) is 5.56 Å². The van der Waals surface area contributed by atoms with Gasteiger partial charge in [-0.15, -0.1) is 0 Å². The van der Waals surface area contributed by atoms with Crippen LogP contribution in [0.15, 0.2) is 83.3 Å². The van der Waals surface area contributed by atoms with Crippen LogP contribution in [0.5, 0.6) is 40.2 Å². The smallest absolute Gasteiger partial charge is 0.208 e. The first-order chi connectivity index (χ1) is 19.3. The van der Waals surface area contributed by atoms with Crippen molar-refractivity contribution in [1.82, 2.24) is 0 Å². The molecule has 0 fully saturated rings. The predicted octanol–water partition coefficient (Wildman–Crippen LogP) is 7.17. The second-order valence-corrected chi connectivity index (χ2v) is 9.53. The van der Waals surface area contributed by atoms with Gasteiger partial charge in [-0.25, -0.2) is 0 Å². The molecular formula is C32H20O8. The molecule has 40 heavy (non-hydrogen) atoms. The molecule has 0 radical (unpaired) electrons. The van der Waals surface area contributed by atoms with E-state index in [1.165, 1.54) is 0 Å². The summed E-state index contributed by atoms with van der Waals surface area (Å²) in [6.45, 7) is 0. The van der Waals surface area contributed by atoms with Crippen molar-refractivity contribution in [2.24, 2.45) is 0 Å². The third-order valence-electron chi connectivity index (χ3n) is 7.43. The molecule has 6 aromatic carbocycles. The number of furan rings is 1. The van der Waals surface area contributed by atoms with Gasteiger partial charge in [-0.2, -0.15) is 0 Å². The largest absolute Gasteiger partial charge is 0.504 e. The number of rotatable bonds is 2. The Labute approximate surface area is 225 Å². The minimum atomic E-state index is -1.04. The number of hydrogen-bond donors (Lipinski definition) is 7. The molecule has 0 aliphatic rings. The Morgan fingerprint density at radius 2 is 0.775 bits per heavy atom. The zero-order chi connectivity index (χ0) is 27.9. The molecule has 0 amide bonds. The SMILES string of the molecule is Oc1c(O)c(O)c2c(oc3c(-c4c5ccccc5c(-c5ccccc5)c5ccccc45)c(O)c(O)c(O)c32)c1O. The van der Waals surface area contributed by atoms with Crippen molar-refractivity contribution in [3.05, 3.63) is 78.9 Å². The van der Waals surface area contributed by atoms with Crippen LogP contribution >= 0.6 is 0 Å². The maximum atomic E-state index is 11.3. The van der Waals surface area contributed by atoms with Crippen molar-refractivity contribution in [3.8, 4) is 62.5 Å². The van der Waals surface area contributed by atoms with Crippen LogP contribution in [0.25, 0.3) is 65.7 Å². The van der Waals surface area contributed by atoms with Gasteiger partial charge in [0.05, 0.1) is 16.3 Å². The third-order valence-corrected chi connectivity index (χ3v) is 7.43. The zero-order valence-electron chi connectivity index (χ0n) is 20.5. The highest BCUT2D eigenvalue weighted by Crippen LogP contribution is 2.59. The molecule has 0 atom stereocenters. The Morgan fingerprint density at radius 1 is 0.350 bits per heavy atom. The van der Waals surface area contributed by atoms with E-state index in [4.69, 9.17) is 4.42 Å². The van der Waals surface area contributed by atoms with Gasteiger partial charge in [0.1, 0.15) is 0 Å². The van der Waals surface area contributed by atoms with Gasteiger partial charge in [-0.1, -0.05) is 78.9 Å². The van der Waals surface area contributed by atoms with Gasteiger partial charge in [-0.05, 0) is 32.7 Å². The lowest BCUT2D eigenvalue weighted by atomic mass is 9.85. The van der Waals surface area contributed by atoms with E-state index in [0.29, 0.717) is 16.3 Å². The van der Waals surface area contributed by atoms with E-state index in [1.807, 2.05) is 78.9 Å². The minimum Gasteiger partial charge on any atom is -0.504 e. The molecule has 1 heterocycles. The lowest BCUT2D eigenvalue weighted by Crippen LogP contribution is -1.92. The summed E-state index contributed by atoms with van der Waals surface area (Å²) in [5.74, 6) is -6.27. The van der Waals surface area contributed by atoms with Crippen LogP contribution in [0.2, 0.25) is 0 Å². The molecule has 0 saturated carbocycles. The Hall–Kier alpha value is -5.76. The first-order valence-corrected chi connectivity index (χ1v) is 12.3. The number of aromatic hydroxyl groups is 7. The third kappa shape index (κ3) is 2.90. The normalized spacial score (nSPS) is 11.7. The fourth-order valence-corrected chi connectivity index (χ4v) is 5.68. The highest BCUT2D eigenvalue weighted by molar-refractivity contribution is 6.27. The molecule has 1 aromatic heterocycles. The Bertz CT molecular complexity index is 2120. The summed E-state index contributed by atoms with van der Waals surface area (Å²) in [7, 11) is 0. The Balaban J connectivity index is 1.76. The number of phenolic OH excluding ortho intramolecular Hbond substituents is 7. The van der Waals surface area contributed by atoms with E-state index in [9.17, 15) is 35.7 Å². The van der Waals surface area contributed by atoms with Crippen molar-refractivity contribution < 1.29 is 40.2 Å². The predicted molar refractivity (Wildman–Crippen MR) is 151 cm³/mol. The van der Waals surface area contributed by atoms with Gasteiger partial charge in [0.25, 0.3) is 0 Å². The van der Waals surface area contributed by atoms with E-state index in [-0.39, 0.29) is 21.9 Å². The van der Waals surface area contributed by atoms with E-state index in [2.05, 4.69) is 0 Å². The molecule has 0 unspecified atom stereocenters. The monoisotopic (exact) mass is 532 g/mol. The van der Waals surface area contributed by atoms with E-state index in [1.54, 1.807) is 0 Å². The van der Waals surface area contributed by atoms with E-state index in [0.717, 1.165) is 21.9 Å². The van der Waals surface area contributed by atoms with Crippen molar-refractivity contribution in [2.75, 3.05) is 0 Å². The maximum absolute atomic E-state index is 11.3. The van der Waals surface area contributed by atoms with Crippen LogP contribution in [-0.4, -0.2) is 35.7 Å². The number of phenols is 7. The molecular weight excluding hydrogens is 512 g/mol. The fourth-order valence-electron chi connectivity index (χ4n) is 5.68. The lowest BCUT2D eigenvalue weighted by Gasteiger charge is -2.19. The molecule has 0 aliphatic carbocycles. The van der Waals surface area contributed by atoms with Crippen molar-refractivity contribution >= 4 is 43.5 Å². The van der Waals surface area contributed by atoms with Gasteiger partial charge in [-0.3, -0.25) is 0 Å². The molecule has 0 aliphatic heterocycles. The molecule has 196 valence electrons. The van der Waals surface area contributed by atoms with Gasteiger partial charge >= 0.3 is 0 Å². The van der Waals surface area contributed by atoms with Crippen molar-refractivity contribution in [2.45, 2.75) is 0 Å². The summed E-state index contributed by atoms with van der Waals surface area (Å²) in [5, 5.41) is 77.0. The summed E-state index contributed by atoms with van der Waals surface area (Å²) in [6.07, 6.45) is 0. The van der Waals surface area contributed by atoms with Gasteiger partial charge < -0.3 is 40.2 Å². The minimum absolute atomic E-state index is 0.0220. The summed E-state index contributed by atoms with van der Waals surface area (Å²) in [6, 6.07) is 24.8. The van der Waals surface area contributed by atoms with Crippen molar-refractivity contribution in [1.29, 1.82) is 0 Å². The molecule has 0 bridgehead atoms. The Kier molecular flexibility index (Phi) is 4.74. The molecule has 0 spiro atoms. The quantitative estimate of drug-likeness (QED) is 0.0702. The van der Waals surface area contributed by atoms with Gasteiger partial charge in [0.15, 0.2) is 28.4 Å². The summed E-state index contributed by atoms with van der Waals surface area (Å²) in [5.41, 5.74) is 1.69. The Morgan fingerprint density at radius 3 is 1.32 bits per heavy atom. The fraction of sp³-hybridized carbons (Fsp3) is 0. The van der Waals surface area contributed by atoms with E-state index < -0.39 is 45.8 Å². The lowest BCUT2D eigenvalue weighted by molar-refractivity contribution is 0.348. The van der Waals surface area contributed by atoms with Crippen LogP contribution in [0.4, 0.5) is 0 Å². The number of benzene rings is 6. The highest BCUT2D eigenvalue weighted by atomic mass is 16.4. The first kappa shape index (κ1) is 23.4. The van der Waals surface area contributed by atoms with Crippen LogP contribution in [0.3, 0.4) is 0 Å². The molecule has 0 saturated heterocycles. The van der Waals surface area contributed by atoms with Crippen LogP contribution < -0.4 is 0 Å². The highest BCUT2D eigenvalue weighted by Gasteiger charge is 2.32. The van der Waals surface area contributed by atoms with Gasteiger partial charge in [0.2, 0.25) is 23.0 Å². The summed E-state index contributed by atoms with van der Waals surface area (Å²) in [4.78, 5) is 0. The molecule has 7 rings (SSSR count). The van der Waals surface area contributed by atoms with Crippen LogP contribution in [0, 0.1) is 0 Å². The van der Waals surface area contributed by atoms with Crippen LogP contribution in [0.1, 0.15) is 0 Å². The average molecular weight is 533 g/mol. The summed E-state index contributed by atoms with van der Waals surface area (Å²) >= 11 is 0. The van der Waals surface area contributed by atoms with Crippen LogP contribution in [-0.2, 0) is 0 Å².